The van der Waals surface area contributed by atoms with Crippen LogP contribution in [0.15, 0.2) is 66.3 Å². The van der Waals surface area contributed by atoms with E-state index in [-0.39, 0.29) is 17.9 Å². The van der Waals surface area contributed by atoms with Gasteiger partial charge in [-0.3, -0.25) is 4.18 Å². The Balaban J connectivity index is 2.51. The highest BCUT2D eigenvalue weighted by Gasteiger charge is 2.50. The van der Waals surface area contributed by atoms with Gasteiger partial charge in [0.2, 0.25) is 0 Å². The molecule has 1 aromatic rings. The van der Waals surface area contributed by atoms with Crippen molar-refractivity contribution >= 4 is 10.1 Å². The van der Waals surface area contributed by atoms with Gasteiger partial charge >= 0.3 is 0 Å². The van der Waals surface area contributed by atoms with Gasteiger partial charge in [-0.2, -0.15) is 8.42 Å². The van der Waals surface area contributed by atoms with Crippen LogP contribution in [-0.4, -0.2) is 20.6 Å². The number of allylic oxidation sites excluding steroid dienone is 2. The van der Waals surface area contributed by atoms with Crippen molar-refractivity contribution in [3.63, 3.8) is 0 Å². The van der Waals surface area contributed by atoms with E-state index in [0.717, 1.165) is 5.56 Å². The SMILES string of the molecule is C=CCOC1=C(CC=C)S(=O)(=O)OC1(CC)Cc1ccccc1. The zero-order valence-electron chi connectivity index (χ0n) is 13.3. The molecule has 0 spiro atoms. The minimum Gasteiger partial charge on any atom is -0.490 e. The van der Waals surface area contributed by atoms with Gasteiger partial charge in [0.15, 0.2) is 0 Å². The van der Waals surface area contributed by atoms with E-state index in [9.17, 15) is 8.42 Å². The Morgan fingerprint density at radius 2 is 1.91 bits per heavy atom. The van der Waals surface area contributed by atoms with Crippen molar-refractivity contribution in [1.29, 1.82) is 0 Å². The first-order valence-corrected chi connectivity index (χ1v) is 8.97. The lowest BCUT2D eigenvalue weighted by Crippen LogP contribution is -2.35. The van der Waals surface area contributed by atoms with E-state index >= 15 is 0 Å². The third-order valence-corrected chi connectivity index (χ3v) is 5.31. The Bertz CT molecular complexity index is 704. The first-order valence-electron chi connectivity index (χ1n) is 7.57. The number of ether oxygens (including phenoxy) is 1. The molecule has 0 bridgehead atoms. The Hall–Kier alpha value is -1.85. The summed E-state index contributed by atoms with van der Waals surface area (Å²) in [5.74, 6) is 0.378. The summed E-state index contributed by atoms with van der Waals surface area (Å²) in [5.41, 5.74) is -0.0224. The molecule has 0 saturated heterocycles. The van der Waals surface area contributed by atoms with E-state index in [1.54, 1.807) is 12.2 Å². The highest BCUT2D eigenvalue weighted by atomic mass is 32.2. The van der Waals surface area contributed by atoms with Crippen LogP contribution >= 0.6 is 0 Å². The Labute approximate surface area is 138 Å². The van der Waals surface area contributed by atoms with Crippen molar-refractivity contribution in [3.8, 4) is 0 Å². The summed E-state index contributed by atoms with van der Waals surface area (Å²) in [6, 6.07) is 9.65. The summed E-state index contributed by atoms with van der Waals surface area (Å²) in [6.45, 7) is 9.38. The molecule has 0 amide bonds. The van der Waals surface area contributed by atoms with Gasteiger partial charge in [-0.1, -0.05) is 56.0 Å². The molecule has 1 heterocycles. The molecule has 0 aliphatic carbocycles. The fraction of sp³-hybridized carbons (Fsp3) is 0.333. The summed E-state index contributed by atoms with van der Waals surface area (Å²) < 4.78 is 36.2. The molecular formula is C18H22O4S. The molecule has 4 nitrogen and oxygen atoms in total. The minimum atomic E-state index is -3.82. The molecular weight excluding hydrogens is 312 g/mol. The van der Waals surface area contributed by atoms with E-state index < -0.39 is 15.7 Å². The maximum Gasteiger partial charge on any atom is 0.297 e. The zero-order valence-corrected chi connectivity index (χ0v) is 14.1. The van der Waals surface area contributed by atoms with Crippen molar-refractivity contribution < 1.29 is 17.3 Å². The van der Waals surface area contributed by atoms with Gasteiger partial charge in [-0.05, 0) is 12.0 Å². The number of rotatable bonds is 8. The van der Waals surface area contributed by atoms with Gasteiger partial charge in [0, 0.05) is 12.8 Å². The van der Waals surface area contributed by atoms with E-state index in [1.807, 2.05) is 37.3 Å². The molecule has 1 aromatic carbocycles. The normalized spacial score (nSPS) is 22.8. The van der Waals surface area contributed by atoms with Crippen LogP contribution in [0.4, 0.5) is 0 Å². The fourth-order valence-electron chi connectivity index (χ4n) is 2.73. The highest BCUT2D eigenvalue weighted by Crippen LogP contribution is 2.44. The molecule has 124 valence electrons. The van der Waals surface area contributed by atoms with Crippen LogP contribution in [0.3, 0.4) is 0 Å². The summed E-state index contributed by atoms with van der Waals surface area (Å²) in [6.07, 6.45) is 4.23. The zero-order chi connectivity index (χ0) is 16.9. The average Bonchev–Trinajstić information content (AvgIpc) is 2.74. The second kappa shape index (κ2) is 7.15. The van der Waals surface area contributed by atoms with Gasteiger partial charge < -0.3 is 4.74 Å². The predicted molar refractivity (Wildman–Crippen MR) is 91.2 cm³/mol. The van der Waals surface area contributed by atoms with Crippen molar-refractivity contribution in [2.75, 3.05) is 6.61 Å². The molecule has 0 N–H and O–H groups in total. The lowest BCUT2D eigenvalue weighted by molar-refractivity contribution is 0.0530. The quantitative estimate of drug-likeness (QED) is 0.537. The van der Waals surface area contributed by atoms with Gasteiger partial charge in [0.05, 0.1) is 0 Å². The van der Waals surface area contributed by atoms with Gasteiger partial charge in [0.25, 0.3) is 10.1 Å². The third-order valence-electron chi connectivity index (χ3n) is 3.82. The largest absolute Gasteiger partial charge is 0.490 e. The maximum absolute atomic E-state index is 12.5. The predicted octanol–water partition coefficient (Wildman–Crippen LogP) is 3.73. The van der Waals surface area contributed by atoms with Crippen molar-refractivity contribution in [2.24, 2.45) is 0 Å². The summed E-state index contributed by atoms with van der Waals surface area (Å²) >= 11 is 0. The van der Waals surface area contributed by atoms with Crippen LogP contribution in [0.2, 0.25) is 0 Å². The van der Waals surface area contributed by atoms with E-state index in [0.29, 0.717) is 18.6 Å². The maximum atomic E-state index is 12.5. The van der Waals surface area contributed by atoms with E-state index in [1.165, 1.54) is 0 Å². The second-order valence-electron chi connectivity index (χ2n) is 5.39. The first-order chi connectivity index (χ1) is 11.0. The summed E-state index contributed by atoms with van der Waals surface area (Å²) in [5, 5.41) is 0. The first kappa shape index (κ1) is 17.5. The molecule has 0 aromatic heterocycles. The van der Waals surface area contributed by atoms with E-state index in [2.05, 4.69) is 13.2 Å². The lowest BCUT2D eigenvalue weighted by atomic mass is 9.89. The Morgan fingerprint density at radius 1 is 1.22 bits per heavy atom. The molecule has 1 unspecified atom stereocenters. The molecule has 1 aliphatic heterocycles. The Kier molecular flexibility index (Phi) is 5.44. The van der Waals surface area contributed by atoms with Crippen LogP contribution in [-0.2, 0) is 25.5 Å². The second-order valence-corrected chi connectivity index (χ2v) is 6.96. The Morgan fingerprint density at radius 3 is 2.48 bits per heavy atom. The smallest absolute Gasteiger partial charge is 0.297 e. The van der Waals surface area contributed by atoms with Gasteiger partial charge in [0.1, 0.15) is 22.9 Å². The molecule has 2 rings (SSSR count). The summed E-state index contributed by atoms with van der Waals surface area (Å²) in [7, 11) is -3.82. The molecule has 1 atom stereocenters. The number of hydrogen-bond donors (Lipinski definition) is 0. The van der Waals surface area contributed by atoms with Crippen LogP contribution in [0.1, 0.15) is 25.3 Å². The molecule has 23 heavy (non-hydrogen) atoms. The molecule has 0 fully saturated rings. The van der Waals surface area contributed by atoms with Crippen molar-refractivity contribution in [2.45, 2.75) is 31.8 Å². The van der Waals surface area contributed by atoms with Crippen molar-refractivity contribution in [3.05, 3.63) is 71.9 Å². The summed E-state index contributed by atoms with van der Waals surface area (Å²) in [4.78, 5) is 0.159. The monoisotopic (exact) mass is 334 g/mol. The fourth-order valence-corrected chi connectivity index (χ4v) is 4.29. The lowest BCUT2D eigenvalue weighted by Gasteiger charge is -2.28. The van der Waals surface area contributed by atoms with Gasteiger partial charge in [-0.15, -0.1) is 6.58 Å². The molecule has 5 heteroatoms. The standard InChI is InChI=1S/C18H22O4S/c1-4-10-16-17(21-13-5-2)18(6-3,22-23(16,19)20)14-15-11-8-7-9-12-15/h4-5,7-9,11-12H,1-2,6,10,13-14H2,3H3. The van der Waals surface area contributed by atoms with Crippen molar-refractivity contribution in [1.82, 2.24) is 0 Å². The number of hydrogen-bond acceptors (Lipinski definition) is 4. The average molecular weight is 334 g/mol. The minimum absolute atomic E-state index is 0.159. The third kappa shape index (κ3) is 3.57. The molecule has 0 radical (unpaired) electrons. The van der Waals surface area contributed by atoms with Crippen LogP contribution < -0.4 is 0 Å². The topological polar surface area (TPSA) is 52.6 Å². The van der Waals surface area contributed by atoms with E-state index in [4.69, 9.17) is 8.92 Å². The van der Waals surface area contributed by atoms with Crippen LogP contribution in [0.25, 0.3) is 0 Å². The van der Waals surface area contributed by atoms with Gasteiger partial charge in [-0.25, -0.2) is 0 Å². The van der Waals surface area contributed by atoms with Crippen LogP contribution in [0.5, 0.6) is 0 Å². The highest BCUT2D eigenvalue weighted by molar-refractivity contribution is 7.91. The number of benzene rings is 1. The molecule has 1 aliphatic rings. The van der Waals surface area contributed by atoms with Crippen LogP contribution in [0, 0.1) is 0 Å². The molecule has 0 saturated carbocycles.